The number of nitrogens with two attached hydrogens (primary N) is 1. The molecule has 1 atom stereocenters. The van der Waals surface area contributed by atoms with Crippen LogP contribution in [0.3, 0.4) is 0 Å². The number of benzene rings is 2. The van der Waals surface area contributed by atoms with Gasteiger partial charge in [-0.15, -0.1) is 0 Å². The lowest BCUT2D eigenvalue weighted by Crippen LogP contribution is -2.18. The Kier molecular flexibility index (Phi) is 3.66. The van der Waals surface area contributed by atoms with Crippen LogP contribution in [0.15, 0.2) is 36.4 Å². The number of hydrogen-bond acceptors (Lipinski definition) is 4. The maximum atomic E-state index is 14.1. The SMILES string of the molecule is COc1cccc(F)c1C(N)c1ccc2c(c1)OCCO2. The van der Waals surface area contributed by atoms with Gasteiger partial charge in [-0.3, -0.25) is 0 Å². The number of hydrogen-bond donors (Lipinski definition) is 1. The van der Waals surface area contributed by atoms with E-state index in [4.69, 9.17) is 19.9 Å². The first-order chi connectivity index (χ1) is 10.2. The van der Waals surface area contributed by atoms with Crippen LogP contribution < -0.4 is 19.9 Å². The van der Waals surface area contributed by atoms with Crippen molar-refractivity contribution in [2.75, 3.05) is 20.3 Å². The van der Waals surface area contributed by atoms with Crippen LogP contribution in [-0.4, -0.2) is 20.3 Å². The minimum Gasteiger partial charge on any atom is -0.496 e. The monoisotopic (exact) mass is 289 g/mol. The third kappa shape index (κ3) is 2.52. The second kappa shape index (κ2) is 5.61. The molecule has 1 heterocycles. The summed E-state index contributed by atoms with van der Waals surface area (Å²) in [5, 5.41) is 0. The van der Waals surface area contributed by atoms with Crippen LogP contribution in [-0.2, 0) is 0 Å². The van der Waals surface area contributed by atoms with Gasteiger partial charge < -0.3 is 19.9 Å². The summed E-state index contributed by atoms with van der Waals surface area (Å²) in [4.78, 5) is 0. The molecular weight excluding hydrogens is 273 g/mol. The lowest BCUT2D eigenvalue weighted by molar-refractivity contribution is 0.171. The number of methoxy groups -OCH3 is 1. The van der Waals surface area contributed by atoms with Crippen LogP contribution in [0.4, 0.5) is 4.39 Å². The summed E-state index contributed by atoms with van der Waals surface area (Å²) in [6, 6.07) is 9.39. The molecule has 2 aromatic carbocycles. The molecule has 0 fully saturated rings. The standard InChI is InChI=1S/C16H16FNO3/c1-19-13-4-2-3-11(17)15(13)16(18)10-5-6-12-14(9-10)21-8-7-20-12/h2-6,9,16H,7-8,18H2,1H3. The van der Waals surface area contributed by atoms with Crippen LogP contribution in [0.2, 0.25) is 0 Å². The number of ether oxygens (including phenoxy) is 3. The van der Waals surface area contributed by atoms with Crippen molar-refractivity contribution < 1.29 is 18.6 Å². The smallest absolute Gasteiger partial charge is 0.161 e. The average Bonchev–Trinajstić information content (AvgIpc) is 2.53. The average molecular weight is 289 g/mol. The molecule has 0 aliphatic carbocycles. The molecule has 1 aliphatic heterocycles. The minimum absolute atomic E-state index is 0.330. The van der Waals surface area contributed by atoms with E-state index < -0.39 is 11.9 Å². The van der Waals surface area contributed by atoms with E-state index >= 15 is 0 Å². The Hall–Kier alpha value is -2.27. The second-order valence-electron chi connectivity index (χ2n) is 4.74. The lowest BCUT2D eigenvalue weighted by Gasteiger charge is -2.21. The zero-order valence-corrected chi connectivity index (χ0v) is 11.6. The Morgan fingerprint density at radius 2 is 1.90 bits per heavy atom. The third-order valence-corrected chi connectivity index (χ3v) is 3.47. The summed E-state index contributed by atoms with van der Waals surface area (Å²) in [6.07, 6.45) is 0. The van der Waals surface area contributed by atoms with Gasteiger partial charge in [0.2, 0.25) is 0 Å². The van der Waals surface area contributed by atoms with E-state index in [1.54, 1.807) is 24.3 Å². The van der Waals surface area contributed by atoms with Gasteiger partial charge in [0.1, 0.15) is 24.8 Å². The van der Waals surface area contributed by atoms with Crippen molar-refractivity contribution >= 4 is 0 Å². The highest BCUT2D eigenvalue weighted by molar-refractivity contribution is 5.48. The summed E-state index contributed by atoms with van der Waals surface area (Å²) in [6.45, 7) is 1.02. The molecule has 0 bridgehead atoms. The summed E-state index contributed by atoms with van der Waals surface area (Å²) in [7, 11) is 1.49. The van der Waals surface area contributed by atoms with Gasteiger partial charge in [-0.1, -0.05) is 12.1 Å². The second-order valence-corrected chi connectivity index (χ2v) is 4.74. The quantitative estimate of drug-likeness (QED) is 0.944. The van der Waals surface area contributed by atoms with Gasteiger partial charge in [0, 0.05) is 0 Å². The molecule has 0 saturated heterocycles. The van der Waals surface area contributed by atoms with Crippen molar-refractivity contribution in [3.63, 3.8) is 0 Å². The van der Waals surface area contributed by atoms with Crippen molar-refractivity contribution in [2.45, 2.75) is 6.04 Å². The van der Waals surface area contributed by atoms with Gasteiger partial charge in [-0.05, 0) is 29.8 Å². The Morgan fingerprint density at radius 3 is 2.67 bits per heavy atom. The molecular formula is C16H16FNO3. The zero-order chi connectivity index (χ0) is 14.8. The lowest BCUT2D eigenvalue weighted by atomic mass is 9.97. The summed E-state index contributed by atoms with van der Waals surface area (Å²) in [5.41, 5.74) is 7.28. The van der Waals surface area contributed by atoms with Crippen LogP contribution in [0.5, 0.6) is 17.2 Å². The van der Waals surface area contributed by atoms with Crippen LogP contribution in [0.25, 0.3) is 0 Å². The zero-order valence-electron chi connectivity index (χ0n) is 11.6. The van der Waals surface area contributed by atoms with E-state index in [0.717, 1.165) is 5.56 Å². The largest absolute Gasteiger partial charge is 0.496 e. The molecule has 4 nitrogen and oxygen atoms in total. The number of halogens is 1. The molecule has 21 heavy (non-hydrogen) atoms. The molecule has 2 N–H and O–H groups in total. The highest BCUT2D eigenvalue weighted by atomic mass is 19.1. The number of rotatable bonds is 3. The molecule has 1 unspecified atom stereocenters. The molecule has 0 saturated carbocycles. The molecule has 0 aromatic heterocycles. The fourth-order valence-electron chi connectivity index (χ4n) is 2.42. The molecule has 5 heteroatoms. The van der Waals surface area contributed by atoms with Gasteiger partial charge in [-0.2, -0.15) is 0 Å². The van der Waals surface area contributed by atoms with Gasteiger partial charge in [0.15, 0.2) is 11.5 Å². The summed E-state index contributed by atoms with van der Waals surface area (Å²) >= 11 is 0. The highest BCUT2D eigenvalue weighted by Gasteiger charge is 2.21. The van der Waals surface area contributed by atoms with E-state index in [2.05, 4.69) is 0 Å². The Balaban J connectivity index is 2.01. The van der Waals surface area contributed by atoms with Crippen molar-refractivity contribution in [1.82, 2.24) is 0 Å². The third-order valence-electron chi connectivity index (χ3n) is 3.47. The van der Waals surface area contributed by atoms with E-state index in [0.29, 0.717) is 36.0 Å². The normalized spacial score (nSPS) is 14.6. The first kappa shape index (κ1) is 13.7. The minimum atomic E-state index is -0.642. The van der Waals surface area contributed by atoms with Crippen LogP contribution in [0, 0.1) is 5.82 Å². The van der Waals surface area contributed by atoms with Crippen molar-refractivity contribution in [2.24, 2.45) is 5.73 Å². The highest BCUT2D eigenvalue weighted by Crippen LogP contribution is 2.36. The van der Waals surface area contributed by atoms with Gasteiger partial charge >= 0.3 is 0 Å². The maximum absolute atomic E-state index is 14.1. The fourth-order valence-corrected chi connectivity index (χ4v) is 2.42. The molecule has 0 amide bonds. The molecule has 1 aliphatic rings. The molecule has 2 aromatic rings. The predicted molar refractivity (Wildman–Crippen MR) is 76.4 cm³/mol. The Morgan fingerprint density at radius 1 is 1.14 bits per heavy atom. The molecule has 0 radical (unpaired) electrons. The maximum Gasteiger partial charge on any atom is 0.161 e. The number of fused-ring (bicyclic) bond motifs is 1. The first-order valence-electron chi connectivity index (χ1n) is 6.68. The molecule has 3 rings (SSSR count). The van der Waals surface area contributed by atoms with Crippen molar-refractivity contribution in [1.29, 1.82) is 0 Å². The van der Waals surface area contributed by atoms with E-state index in [9.17, 15) is 4.39 Å². The summed E-state index contributed by atoms with van der Waals surface area (Å²) in [5.74, 6) is 1.34. The van der Waals surface area contributed by atoms with Crippen LogP contribution in [0.1, 0.15) is 17.2 Å². The summed E-state index contributed by atoms with van der Waals surface area (Å²) < 4.78 is 30.3. The van der Waals surface area contributed by atoms with Gasteiger partial charge in [-0.25, -0.2) is 4.39 Å². The van der Waals surface area contributed by atoms with Crippen molar-refractivity contribution in [3.05, 3.63) is 53.3 Å². The molecule has 110 valence electrons. The van der Waals surface area contributed by atoms with E-state index in [-0.39, 0.29) is 0 Å². The first-order valence-corrected chi connectivity index (χ1v) is 6.68. The topological polar surface area (TPSA) is 53.7 Å². The van der Waals surface area contributed by atoms with Gasteiger partial charge in [0.25, 0.3) is 0 Å². The fraction of sp³-hybridized carbons (Fsp3) is 0.250. The molecule has 0 spiro atoms. The predicted octanol–water partition coefficient (Wildman–Crippen LogP) is 2.65. The van der Waals surface area contributed by atoms with Crippen molar-refractivity contribution in [3.8, 4) is 17.2 Å². The van der Waals surface area contributed by atoms with Crippen LogP contribution >= 0.6 is 0 Å². The van der Waals surface area contributed by atoms with Gasteiger partial charge in [0.05, 0.1) is 18.7 Å². The van der Waals surface area contributed by atoms with E-state index in [1.807, 2.05) is 6.07 Å². The Bertz CT molecular complexity index is 660. The van der Waals surface area contributed by atoms with E-state index in [1.165, 1.54) is 13.2 Å². The Labute approximate surface area is 122 Å².